The first kappa shape index (κ1) is 15.9. The van der Waals surface area contributed by atoms with Gasteiger partial charge in [0.1, 0.15) is 0 Å². The van der Waals surface area contributed by atoms with Gasteiger partial charge in [-0.2, -0.15) is 0 Å². The summed E-state index contributed by atoms with van der Waals surface area (Å²) in [5, 5.41) is 0. The molecule has 0 radical (unpaired) electrons. The topological polar surface area (TPSA) is 77.8 Å². The van der Waals surface area contributed by atoms with Crippen LogP contribution in [0.5, 0.6) is 0 Å². The average Bonchev–Trinajstić information content (AvgIpc) is 0.722. The molecular weight excluding hydrogens is 210 g/mol. The normalized spacial score (nSPS) is 8.43. The van der Waals surface area contributed by atoms with Crippen molar-refractivity contribution in [1.82, 2.24) is 0 Å². The van der Waals surface area contributed by atoms with E-state index in [0.717, 1.165) is 0 Å². The van der Waals surface area contributed by atoms with Crippen LogP contribution >= 0.6 is 7.82 Å². The second-order valence-corrected chi connectivity index (χ2v) is 1.54. The summed E-state index contributed by atoms with van der Waals surface area (Å²) in [7, 11) is -4.64. The van der Waals surface area contributed by atoms with E-state index >= 15 is 0 Å². The van der Waals surface area contributed by atoms with Crippen molar-refractivity contribution in [3.05, 3.63) is 0 Å². The zero-order valence-corrected chi connectivity index (χ0v) is 8.17. The molecule has 0 aliphatic heterocycles. The maximum absolute atomic E-state index is 8.88. The Labute approximate surface area is 78.8 Å². The van der Waals surface area contributed by atoms with Crippen molar-refractivity contribution in [2.45, 2.75) is 0 Å². The van der Waals surface area contributed by atoms with Gasteiger partial charge in [-0.3, -0.25) is 0 Å². The third-order valence-electron chi connectivity index (χ3n) is 0. The SMILES string of the molecule is O=P(O)(O)O.[H-].[H-].[Mg+2].[Zr]. The molecule has 0 unspecified atom stereocenters. The molecule has 7 heavy (non-hydrogen) atoms. The predicted octanol–water partition coefficient (Wildman–Crippen LogP) is -1.09. The standard InChI is InChI=1S/Mg.H3O4P.Zr.2H/c;1-5(2,3)4;;;/h;(H3,1,2,3,4);;;/q+2;;;2*-1. The molecule has 0 amide bonds. The van der Waals surface area contributed by atoms with Crippen LogP contribution in [0.15, 0.2) is 0 Å². The van der Waals surface area contributed by atoms with Gasteiger partial charge in [0.15, 0.2) is 0 Å². The smallest absolute Gasteiger partial charge is 1.00 e. The first-order valence-electron chi connectivity index (χ1n) is 0.783. The van der Waals surface area contributed by atoms with E-state index in [2.05, 4.69) is 0 Å². The third kappa shape index (κ3) is 83.2. The summed E-state index contributed by atoms with van der Waals surface area (Å²) in [5.41, 5.74) is 0. The van der Waals surface area contributed by atoms with Gasteiger partial charge in [-0.15, -0.1) is 0 Å². The van der Waals surface area contributed by atoms with Gasteiger partial charge in [-0.25, -0.2) is 4.57 Å². The molecule has 0 saturated heterocycles. The molecule has 0 rings (SSSR count). The molecule has 0 aromatic heterocycles. The van der Waals surface area contributed by atoms with Gasteiger partial charge in [0.05, 0.1) is 0 Å². The summed E-state index contributed by atoms with van der Waals surface area (Å²) in [4.78, 5) is 21.6. The minimum absolute atomic E-state index is 0. The van der Waals surface area contributed by atoms with E-state index in [-0.39, 0.29) is 52.1 Å². The Morgan fingerprint density at radius 1 is 1.29 bits per heavy atom. The Balaban J connectivity index is -0.0000000133. The van der Waals surface area contributed by atoms with Crippen LogP contribution in [0.4, 0.5) is 0 Å². The van der Waals surface area contributed by atoms with Crippen LogP contribution in [0, 0.1) is 0 Å². The van der Waals surface area contributed by atoms with E-state index in [1.165, 1.54) is 0 Å². The van der Waals surface area contributed by atoms with Crippen LogP contribution in [-0.4, -0.2) is 37.7 Å². The van der Waals surface area contributed by atoms with E-state index in [9.17, 15) is 0 Å². The summed E-state index contributed by atoms with van der Waals surface area (Å²) in [5.74, 6) is 0. The van der Waals surface area contributed by atoms with E-state index in [4.69, 9.17) is 19.2 Å². The summed E-state index contributed by atoms with van der Waals surface area (Å²) in [6.45, 7) is 0. The monoisotopic (exact) mass is 214 g/mol. The van der Waals surface area contributed by atoms with Crippen molar-refractivity contribution in [1.29, 1.82) is 0 Å². The average molecular weight is 216 g/mol. The first-order valence-corrected chi connectivity index (χ1v) is 2.35. The molecule has 0 bridgehead atoms. The van der Waals surface area contributed by atoms with Crippen LogP contribution < -0.4 is 0 Å². The quantitative estimate of drug-likeness (QED) is 0.355. The van der Waals surface area contributed by atoms with Crippen molar-refractivity contribution in [2.24, 2.45) is 0 Å². The Hall–Kier alpha value is 1.76. The van der Waals surface area contributed by atoms with E-state index in [1.54, 1.807) is 0 Å². The molecule has 3 N–H and O–H groups in total. The Morgan fingerprint density at radius 2 is 1.29 bits per heavy atom. The molecule has 0 saturated carbocycles. The maximum Gasteiger partial charge on any atom is 2.00 e. The van der Waals surface area contributed by atoms with Crippen molar-refractivity contribution in [3.8, 4) is 0 Å². The van der Waals surface area contributed by atoms with E-state index in [1.807, 2.05) is 0 Å². The van der Waals surface area contributed by atoms with Crippen LogP contribution in [-0.2, 0) is 30.8 Å². The minimum atomic E-state index is -4.64. The van der Waals surface area contributed by atoms with E-state index < -0.39 is 7.82 Å². The van der Waals surface area contributed by atoms with Gasteiger partial charge in [0, 0.05) is 26.2 Å². The fourth-order valence-electron chi connectivity index (χ4n) is 0. The fraction of sp³-hybridized carbons (Fsp3) is 0. The summed E-state index contributed by atoms with van der Waals surface area (Å²) in [6.07, 6.45) is 0. The van der Waals surface area contributed by atoms with Crippen molar-refractivity contribution < 1.29 is 48.3 Å². The number of rotatable bonds is 0. The minimum Gasteiger partial charge on any atom is -1.00 e. The van der Waals surface area contributed by atoms with Crippen LogP contribution in [0.2, 0.25) is 0 Å². The number of hydrogen-bond acceptors (Lipinski definition) is 1. The molecule has 0 atom stereocenters. The maximum atomic E-state index is 8.88. The van der Waals surface area contributed by atoms with Gasteiger partial charge >= 0.3 is 30.9 Å². The van der Waals surface area contributed by atoms with Gasteiger partial charge in [-0.1, -0.05) is 0 Å². The number of phosphoric acid groups is 1. The molecule has 0 spiro atoms. The van der Waals surface area contributed by atoms with Gasteiger partial charge in [-0.05, 0) is 0 Å². The Kier molecular flexibility index (Phi) is 13.4. The fourth-order valence-corrected chi connectivity index (χ4v) is 0. The Bertz CT molecular complexity index is 64.7. The van der Waals surface area contributed by atoms with Crippen LogP contribution in [0.3, 0.4) is 0 Å². The third-order valence-corrected chi connectivity index (χ3v) is 0. The predicted molar refractivity (Wildman–Crippen MR) is 22.2 cm³/mol. The second kappa shape index (κ2) is 5.89. The first-order chi connectivity index (χ1) is 2.00. The van der Waals surface area contributed by atoms with Gasteiger partial charge in [0.2, 0.25) is 0 Å². The van der Waals surface area contributed by atoms with Gasteiger partial charge in [0.25, 0.3) is 0 Å². The summed E-state index contributed by atoms with van der Waals surface area (Å²) >= 11 is 0. The van der Waals surface area contributed by atoms with Crippen molar-refractivity contribution >= 4 is 30.9 Å². The zero-order valence-electron chi connectivity index (χ0n) is 5.40. The summed E-state index contributed by atoms with van der Waals surface area (Å²) < 4.78 is 8.88. The summed E-state index contributed by atoms with van der Waals surface area (Å²) in [6, 6.07) is 0. The number of hydrogen-bond donors (Lipinski definition) is 3. The molecule has 4 nitrogen and oxygen atoms in total. The van der Waals surface area contributed by atoms with Crippen LogP contribution in [0.25, 0.3) is 0 Å². The van der Waals surface area contributed by atoms with Crippen molar-refractivity contribution in [2.75, 3.05) is 0 Å². The molecular formula is H5MgO4PZr. The molecule has 40 valence electrons. The van der Waals surface area contributed by atoms with Crippen molar-refractivity contribution in [3.63, 3.8) is 0 Å². The molecule has 0 aliphatic carbocycles. The zero-order chi connectivity index (χ0) is 4.50. The van der Waals surface area contributed by atoms with Gasteiger partial charge < -0.3 is 17.5 Å². The second-order valence-electron chi connectivity index (χ2n) is 0.513. The molecule has 0 aromatic carbocycles. The van der Waals surface area contributed by atoms with E-state index in [0.29, 0.717) is 0 Å². The Morgan fingerprint density at radius 3 is 1.29 bits per heavy atom. The molecule has 7 heteroatoms. The largest absolute Gasteiger partial charge is 2.00 e. The molecule has 0 fully saturated rings. The molecule has 0 aromatic rings. The molecule has 0 aliphatic rings. The van der Waals surface area contributed by atoms with Crippen LogP contribution in [0.1, 0.15) is 2.85 Å². The molecule has 0 heterocycles.